The van der Waals surface area contributed by atoms with Gasteiger partial charge in [-0.1, -0.05) is 30.3 Å². The van der Waals surface area contributed by atoms with E-state index in [2.05, 4.69) is 10.3 Å². The lowest BCUT2D eigenvalue weighted by Gasteiger charge is -2.20. The molecule has 0 saturated heterocycles. The van der Waals surface area contributed by atoms with Gasteiger partial charge in [0.05, 0.1) is 6.10 Å². The number of aryl methyl sites for hydroxylation is 1. The molecular weight excluding hydrogens is 366 g/mol. The molecule has 29 heavy (non-hydrogen) atoms. The van der Waals surface area contributed by atoms with Gasteiger partial charge in [-0.25, -0.2) is 4.79 Å². The number of aliphatic hydroxyl groups excluding tert-OH is 1. The molecule has 4 N–H and O–H groups in total. The fourth-order valence-electron chi connectivity index (χ4n) is 3.00. The second kappa shape index (κ2) is 9.71. The van der Waals surface area contributed by atoms with Crippen LogP contribution in [0.25, 0.3) is 11.1 Å². The lowest BCUT2D eigenvalue weighted by molar-refractivity contribution is 0.0420. The first-order valence-electron chi connectivity index (χ1n) is 9.52. The molecule has 0 radical (unpaired) electrons. The molecule has 1 heterocycles. The molecule has 150 valence electrons. The smallest absolute Gasteiger partial charge is 0.316 e. The Bertz CT molecular complexity index is 912. The lowest BCUT2D eigenvalue weighted by atomic mass is 10.0. The number of benzene rings is 2. The molecule has 6 heteroatoms. The van der Waals surface area contributed by atoms with Gasteiger partial charge in [-0.05, 0) is 66.8 Å². The number of carbonyl (C=O) groups is 1. The number of nitrogens with two attached hydrogens (primary N) is 1. The predicted octanol–water partition coefficient (Wildman–Crippen LogP) is 4.00. The number of hydrogen-bond acceptors (Lipinski definition) is 4. The van der Waals surface area contributed by atoms with E-state index in [0.29, 0.717) is 17.9 Å². The van der Waals surface area contributed by atoms with Crippen LogP contribution >= 0.6 is 0 Å². The number of nitrogens with one attached hydrogen (secondary N) is 1. The third-order valence-corrected chi connectivity index (χ3v) is 4.66. The first-order valence-corrected chi connectivity index (χ1v) is 9.52. The molecule has 3 aromatic rings. The standard InChI is InChI=1S/C23H25N3O3/c1-16(22(27)13-4-17-3-2-14-25-15-17)29-21-11-7-19(8-12-21)18-5-9-20(10-6-18)26-23(24)28/h2-3,5-12,14-16,22,27H,4,13H2,1H3,(H3,24,26,28). The van der Waals surface area contributed by atoms with Crippen molar-refractivity contribution in [3.8, 4) is 16.9 Å². The number of ether oxygens (including phenoxy) is 1. The van der Waals surface area contributed by atoms with Gasteiger partial charge in [0.15, 0.2) is 0 Å². The molecule has 6 nitrogen and oxygen atoms in total. The van der Waals surface area contributed by atoms with E-state index in [1.54, 1.807) is 18.3 Å². The summed E-state index contributed by atoms with van der Waals surface area (Å²) in [6.07, 6.45) is 4.02. The summed E-state index contributed by atoms with van der Waals surface area (Å²) in [6, 6.07) is 18.4. The number of aromatic nitrogens is 1. The molecule has 1 aromatic heterocycles. The molecule has 0 spiro atoms. The minimum atomic E-state index is -0.587. The Hall–Kier alpha value is -3.38. The SMILES string of the molecule is CC(Oc1ccc(-c2ccc(NC(N)=O)cc2)cc1)C(O)CCc1cccnc1. The number of urea groups is 1. The summed E-state index contributed by atoms with van der Waals surface area (Å²) in [5, 5.41) is 12.9. The fourth-order valence-corrected chi connectivity index (χ4v) is 3.00. The molecule has 2 unspecified atom stereocenters. The highest BCUT2D eigenvalue weighted by Gasteiger charge is 2.16. The zero-order chi connectivity index (χ0) is 20.6. The lowest BCUT2D eigenvalue weighted by Crippen LogP contribution is -2.29. The summed E-state index contributed by atoms with van der Waals surface area (Å²) in [4.78, 5) is 15.0. The van der Waals surface area contributed by atoms with Crippen molar-refractivity contribution >= 4 is 11.7 Å². The molecule has 2 amide bonds. The van der Waals surface area contributed by atoms with Crippen molar-refractivity contribution in [2.45, 2.75) is 32.0 Å². The van der Waals surface area contributed by atoms with Crippen molar-refractivity contribution in [1.82, 2.24) is 4.98 Å². The Morgan fingerprint density at radius 3 is 2.34 bits per heavy atom. The van der Waals surface area contributed by atoms with Gasteiger partial charge in [-0.3, -0.25) is 4.98 Å². The van der Waals surface area contributed by atoms with Crippen LogP contribution in [0, 0.1) is 0 Å². The van der Waals surface area contributed by atoms with Crippen LogP contribution in [-0.2, 0) is 6.42 Å². The highest BCUT2D eigenvalue weighted by Crippen LogP contribution is 2.25. The molecule has 0 fully saturated rings. The molecular formula is C23H25N3O3. The number of amides is 2. The van der Waals surface area contributed by atoms with Gasteiger partial charge in [-0.2, -0.15) is 0 Å². The van der Waals surface area contributed by atoms with E-state index in [0.717, 1.165) is 23.1 Å². The van der Waals surface area contributed by atoms with E-state index in [9.17, 15) is 9.90 Å². The van der Waals surface area contributed by atoms with Crippen LogP contribution in [0.5, 0.6) is 5.75 Å². The molecule has 3 rings (SSSR count). The van der Waals surface area contributed by atoms with Gasteiger partial charge in [0.25, 0.3) is 0 Å². The van der Waals surface area contributed by atoms with Gasteiger partial charge in [0.1, 0.15) is 11.9 Å². The number of primary amides is 1. The van der Waals surface area contributed by atoms with Crippen molar-refractivity contribution in [3.05, 3.63) is 78.6 Å². The van der Waals surface area contributed by atoms with Gasteiger partial charge in [0.2, 0.25) is 0 Å². The minimum Gasteiger partial charge on any atom is -0.488 e. The monoisotopic (exact) mass is 391 g/mol. The van der Waals surface area contributed by atoms with E-state index >= 15 is 0 Å². The minimum absolute atomic E-state index is 0.323. The normalized spacial score (nSPS) is 12.8. The second-order valence-electron chi connectivity index (χ2n) is 6.88. The number of nitrogens with zero attached hydrogens (tertiary/aromatic N) is 1. The number of hydrogen-bond donors (Lipinski definition) is 3. The third-order valence-electron chi connectivity index (χ3n) is 4.66. The number of carbonyl (C=O) groups excluding carboxylic acids is 1. The summed E-state index contributed by atoms with van der Waals surface area (Å²) in [5.41, 5.74) is 8.89. The van der Waals surface area contributed by atoms with E-state index in [4.69, 9.17) is 10.5 Å². The van der Waals surface area contributed by atoms with Gasteiger partial charge < -0.3 is 20.9 Å². The number of rotatable bonds is 8. The number of aliphatic hydroxyl groups is 1. The molecule has 0 aliphatic heterocycles. The largest absolute Gasteiger partial charge is 0.488 e. The van der Waals surface area contributed by atoms with E-state index in [1.165, 1.54) is 0 Å². The highest BCUT2D eigenvalue weighted by atomic mass is 16.5. The van der Waals surface area contributed by atoms with Crippen molar-refractivity contribution in [2.75, 3.05) is 5.32 Å². The Morgan fingerprint density at radius 1 is 1.10 bits per heavy atom. The number of pyridine rings is 1. The zero-order valence-electron chi connectivity index (χ0n) is 16.3. The average Bonchev–Trinajstić information content (AvgIpc) is 2.73. The molecule has 2 atom stereocenters. The summed E-state index contributed by atoms with van der Waals surface area (Å²) in [5.74, 6) is 0.702. The fraction of sp³-hybridized carbons (Fsp3) is 0.217. The first kappa shape index (κ1) is 20.4. The highest BCUT2D eigenvalue weighted by molar-refractivity contribution is 5.88. The van der Waals surface area contributed by atoms with Crippen LogP contribution < -0.4 is 15.8 Å². The maximum Gasteiger partial charge on any atom is 0.316 e. The van der Waals surface area contributed by atoms with Crippen LogP contribution in [0.3, 0.4) is 0 Å². The van der Waals surface area contributed by atoms with Crippen molar-refractivity contribution in [1.29, 1.82) is 0 Å². The Morgan fingerprint density at radius 2 is 1.76 bits per heavy atom. The van der Waals surface area contributed by atoms with E-state index in [1.807, 2.05) is 61.7 Å². The Kier molecular flexibility index (Phi) is 6.81. The molecule has 0 bridgehead atoms. The van der Waals surface area contributed by atoms with Crippen LogP contribution in [0.2, 0.25) is 0 Å². The summed E-state index contributed by atoms with van der Waals surface area (Å²) in [6.45, 7) is 1.87. The predicted molar refractivity (Wildman–Crippen MR) is 114 cm³/mol. The van der Waals surface area contributed by atoms with Crippen molar-refractivity contribution in [3.63, 3.8) is 0 Å². The van der Waals surface area contributed by atoms with Crippen LogP contribution in [0.4, 0.5) is 10.5 Å². The Labute approximate surface area is 170 Å². The Balaban J connectivity index is 1.54. The summed E-state index contributed by atoms with van der Waals surface area (Å²) >= 11 is 0. The van der Waals surface area contributed by atoms with Crippen LogP contribution in [0.1, 0.15) is 18.9 Å². The summed E-state index contributed by atoms with van der Waals surface area (Å²) in [7, 11) is 0. The molecule has 2 aromatic carbocycles. The van der Waals surface area contributed by atoms with Crippen LogP contribution in [-0.4, -0.2) is 28.3 Å². The van der Waals surface area contributed by atoms with Crippen molar-refractivity contribution < 1.29 is 14.6 Å². The molecule has 0 aliphatic rings. The number of anilines is 1. The molecule has 0 saturated carbocycles. The topological polar surface area (TPSA) is 97.5 Å². The van der Waals surface area contributed by atoms with Crippen molar-refractivity contribution in [2.24, 2.45) is 5.73 Å². The first-order chi connectivity index (χ1) is 14.0. The molecule has 0 aliphatic carbocycles. The maximum atomic E-state index is 10.9. The van der Waals surface area contributed by atoms with Crippen LogP contribution in [0.15, 0.2) is 73.1 Å². The van der Waals surface area contributed by atoms with Gasteiger partial charge >= 0.3 is 6.03 Å². The average molecular weight is 391 g/mol. The van der Waals surface area contributed by atoms with Gasteiger partial charge in [-0.15, -0.1) is 0 Å². The van der Waals surface area contributed by atoms with E-state index in [-0.39, 0.29) is 6.10 Å². The summed E-state index contributed by atoms with van der Waals surface area (Å²) < 4.78 is 5.89. The quantitative estimate of drug-likeness (QED) is 0.541. The van der Waals surface area contributed by atoms with E-state index < -0.39 is 12.1 Å². The van der Waals surface area contributed by atoms with Gasteiger partial charge in [0, 0.05) is 18.1 Å². The zero-order valence-corrected chi connectivity index (χ0v) is 16.3. The maximum absolute atomic E-state index is 10.9. The third kappa shape index (κ3) is 6.05. The second-order valence-corrected chi connectivity index (χ2v) is 6.88.